The Morgan fingerprint density at radius 3 is 2.61 bits per heavy atom. The van der Waals surface area contributed by atoms with Crippen LogP contribution in [0.1, 0.15) is 26.3 Å². The van der Waals surface area contributed by atoms with Crippen molar-refractivity contribution < 1.29 is 13.9 Å². The number of nitrogens with zero attached hydrogens (tertiary/aromatic N) is 1. The van der Waals surface area contributed by atoms with E-state index >= 15 is 0 Å². The van der Waals surface area contributed by atoms with E-state index in [2.05, 4.69) is 18.7 Å². The van der Waals surface area contributed by atoms with Gasteiger partial charge in [0, 0.05) is 36.3 Å². The SMILES string of the molecule is CCOC(=O)/C=C\c1cc2ccc(N(CC)CC)cc2oc1=O. The summed E-state index contributed by atoms with van der Waals surface area (Å²) >= 11 is 0. The summed E-state index contributed by atoms with van der Waals surface area (Å²) in [5.41, 5.74) is 1.39. The lowest BCUT2D eigenvalue weighted by Gasteiger charge is -2.20. The Morgan fingerprint density at radius 1 is 1.22 bits per heavy atom. The summed E-state index contributed by atoms with van der Waals surface area (Å²) in [4.78, 5) is 25.5. The number of carbonyl (C=O) groups is 1. The number of ether oxygens (including phenoxy) is 1. The van der Waals surface area contributed by atoms with Crippen molar-refractivity contribution in [3.63, 3.8) is 0 Å². The summed E-state index contributed by atoms with van der Waals surface area (Å²) in [6, 6.07) is 7.48. The van der Waals surface area contributed by atoms with Crippen LogP contribution in [0.4, 0.5) is 5.69 Å². The molecule has 0 unspecified atom stereocenters. The van der Waals surface area contributed by atoms with E-state index in [1.54, 1.807) is 13.0 Å². The highest BCUT2D eigenvalue weighted by atomic mass is 16.5. The summed E-state index contributed by atoms with van der Waals surface area (Å²) in [6.07, 6.45) is 2.65. The number of benzene rings is 1. The molecule has 0 saturated carbocycles. The second-order valence-corrected chi connectivity index (χ2v) is 4.97. The fourth-order valence-corrected chi connectivity index (χ4v) is 2.37. The average Bonchev–Trinajstić information content (AvgIpc) is 2.54. The number of fused-ring (bicyclic) bond motifs is 1. The molecule has 0 N–H and O–H groups in total. The summed E-state index contributed by atoms with van der Waals surface area (Å²) in [5, 5.41) is 0.809. The third-order valence-corrected chi connectivity index (χ3v) is 3.56. The topological polar surface area (TPSA) is 59.8 Å². The maximum absolute atomic E-state index is 12.0. The van der Waals surface area contributed by atoms with Gasteiger partial charge in [0.15, 0.2) is 0 Å². The summed E-state index contributed by atoms with van der Waals surface area (Å²) < 4.78 is 10.2. The molecule has 0 saturated heterocycles. The van der Waals surface area contributed by atoms with Crippen molar-refractivity contribution in [2.75, 3.05) is 24.6 Å². The molecule has 0 fully saturated rings. The minimum absolute atomic E-state index is 0.295. The van der Waals surface area contributed by atoms with Gasteiger partial charge in [-0.15, -0.1) is 0 Å². The second kappa shape index (κ2) is 7.63. The molecule has 0 spiro atoms. The van der Waals surface area contributed by atoms with E-state index in [-0.39, 0.29) is 0 Å². The van der Waals surface area contributed by atoms with Crippen LogP contribution in [0.15, 0.2) is 39.6 Å². The zero-order valence-electron chi connectivity index (χ0n) is 13.7. The van der Waals surface area contributed by atoms with Crippen LogP contribution in [-0.4, -0.2) is 25.7 Å². The highest BCUT2D eigenvalue weighted by Crippen LogP contribution is 2.22. The van der Waals surface area contributed by atoms with E-state index in [4.69, 9.17) is 9.15 Å². The minimum Gasteiger partial charge on any atom is -0.463 e. The van der Waals surface area contributed by atoms with Crippen molar-refractivity contribution in [3.05, 3.63) is 46.3 Å². The Balaban J connectivity index is 2.37. The second-order valence-electron chi connectivity index (χ2n) is 4.97. The first-order chi connectivity index (χ1) is 11.1. The molecule has 0 amide bonds. The van der Waals surface area contributed by atoms with Crippen LogP contribution in [0.5, 0.6) is 0 Å². The van der Waals surface area contributed by atoms with E-state index in [0.29, 0.717) is 17.8 Å². The molecule has 0 aliphatic carbocycles. The van der Waals surface area contributed by atoms with E-state index in [0.717, 1.165) is 24.2 Å². The van der Waals surface area contributed by atoms with Crippen molar-refractivity contribution >= 4 is 28.7 Å². The average molecular weight is 315 g/mol. The van der Waals surface area contributed by atoms with Gasteiger partial charge < -0.3 is 14.1 Å². The molecule has 5 heteroatoms. The van der Waals surface area contributed by atoms with Gasteiger partial charge in [0.1, 0.15) is 5.58 Å². The van der Waals surface area contributed by atoms with Crippen LogP contribution in [0.25, 0.3) is 17.0 Å². The first kappa shape index (κ1) is 16.8. The number of rotatable bonds is 6. The number of hydrogen-bond donors (Lipinski definition) is 0. The van der Waals surface area contributed by atoms with Gasteiger partial charge in [0.25, 0.3) is 0 Å². The molecule has 0 aliphatic rings. The summed E-state index contributed by atoms with van der Waals surface area (Å²) in [6.45, 7) is 7.94. The molecule has 0 atom stereocenters. The maximum atomic E-state index is 12.0. The molecule has 122 valence electrons. The standard InChI is InChI=1S/C18H21NO4/c1-4-19(5-2)15-9-7-13-11-14(8-10-17(20)22-6-3)18(21)23-16(13)12-15/h7-12H,4-6H2,1-3H3/b10-8-. The van der Waals surface area contributed by atoms with Crippen molar-refractivity contribution in [2.45, 2.75) is 20.8 Å². The first-order valence-electron chi connectivity index (χ1n) is 7.76. The van der Waals surface area contributed by atoms with E-state index < -0.39 is 11.6 Å². The van der Waals surface area contributed by atoms with E-state index in [9.17, 15) is 9.59 Å². The van der Waals surface area contributed by atoms with Crippen molar-refractivity contribution in [1.82, 2.24) is 0 Å². The molecule has 0 aliphatic heterocycles. The molecule has 1 aromatic heterocycles. The van der Waals surface area contributed by atoms with Crippen molar-refractivity contribution in [2.24, 2.45) is 0 Å². The van der Waals surface area contributed by atoms with Crippen molar-refractivity contribution in [3.8, 4) is 0 Å². The molecule has 0 bridgehead atoms. The fraction of sp³-hybridized carbons (Fsp3) is 0.333. The van der Waals surface area contributed by atoms with E-state index in [1.165, 1.54) is 12.2 Å². The third kappa shape index (κ3) is 4.00. The van der Waals surface area contributed by atoms with Gasteiger partial charge in [0.2, 0.25) is 0 Å². The predicted octanol–water partition coefficient (Wildman–Crippen LogP) is 3.22. The molecular formula is C18H21NO4. The normalized spacial score (nSPS) is 11.1. The molecule has 5 nitrogen and oxygen atoms in total. The minimum atomic E-state index is -0.483. The third-order valence-electron chi connectivity index (χ3n) is 3.56. The Labute approximate surface area is 135 Å². The van der Waals surface area contributed by atoms with Crippen LogP contribution < -0.4 is 10.5 Å². The Hall–Kier alpha value is -2.56. The Morgan fingerprint density at radius 2 is 1.96 bits per heavy atom. The molecule has 23 heavy (non-hydrogen) atoms. The van der Waals surface area contributed by atoms with Gasteiger partial charge in [-0.05, 0) is 45.0 Å². The highest BCUT2D eigenvalue weighted by molar-refractivity contribution is 5.88. The number of esters is 1. The lowest BCUT2D eigenvalue weighted by Crippen LogP contribution is -2.21. The predicted molar refractivity (Wildman–Crippen MR) is 91.7 cm³/mol. The number of anilines is 1. The van der Waals surface area contributed by atoms with E-state index in [1.807, 2.05) is 18.2 Å². The molecule has 1 aromatic carbocycles. The zero-order valence-corrected chi connectivity index (χ0v) is 13.7. The van der Waals surface area contributed by atoms with Gasteiger partial charge in [-0.2, -0.15) is 0 Å². The molecular weight excluding hydrogens is 294 g/mol. The van der Waals surface area contributed by atoms with Crippen LogP contribution in [0, 0.1) is 0 Å². The molecule has 2 aromatic rings. The maximum Gasteiger partial charge on any atom is 0.343 e. The van der Waals surface area contributed by atoms with Crippen LogP contribution >= 0.6 is 0 Å². The van der Waals surface area contributed by atoms with Crippen molar-refractivity contribution in [1.29, 1.82) is 0 Å². The van der Waals surface area contributed by atoms with Gasteiger partial charge in [-0.25, -0.2) is 9.59 Å². The number of hydrogen-bond acceptors (Lipinski definition) is 5. The fourth-order valence-electron chi connectivity index (χ4n) is 2.37. The lowest BCUT2D eigenvalue weighted by atomic mass is 10.1. The Bertz CT molecular complexity index is 772. The van der Waals surface area contributed by atoms with Gasteiger partial charge in [0.05, 0.1) is 12.2 Å². The van der Waals surface area contributed by atoms with Gasteiger partial charge >= 0.3 is 11.6 Å². The lowest BCUT2D eigenvalue weighted by molar-refractivity contribution is -0.137. The van der Waals surface area contributed by atoms with Crippen LogP contribution in [0.3, 0.4) is 0 Å². The summed E-state index contributed by atoms with van der Waals surface area (Å²) in [5.74, 6) is -0.483. The van der Waals surface area contributed by atoms with Crippen LogP contribution in [0.2, 0.25) is 0 Å². The largest absolute Gasteiger partial charge is 0.463 e. The quantitative estimate of drug-likeness (QED) is 0.465. The zero-order chi connectivity index (χ0) is 16.8. The smallest absolute Gasteiger partial charge is 0.343 e. The Kier molecular flexibility index (Phi) is 5.57. The monoisotopic (exact) mass is 315 g/mol. The highest BCUT2D eigenvalue weighted by Gasteiger charge is 2.07. The first-order valence-corrected chi connectivity index (χ1v) is 7.76. The van der Waals surface area contributed by atoms with Gasteiger partial charge in [-0.3, -0.25) is 0 Å². The molecule has 0 radical (unpaired) electrons. The number of carbonyl (C=O) groups excluding carboxylic acids is 1. The van der Waals surface area contributed by atoms with Crippen LogP contribution in [-0.2, 0) is 9.53 Å². The van der Waals surface area contributed by atoms with Gasteiger partial charge in [-0.1, -0.05) is 0 Å². The summed E-state index contributed by atoms with van der Waals surface area (Å²) in [7, 11) is 0. The molecule has 1 heterocycles. The molecule has 2 rings (SSSR count).